The van der Waals surface area contributed by atoms with Gasteiger partial charge in [-0.25, -0.2) is 4.68 Å². The molecular formula is C19H17N5O2. The minimum atomic E-state index is -0.325. The molecule has 0 spiro atoms. The van der Waals surface area contributed by atoms with Gasteiger partial charge in [-0.05, 0) is 24.6 Å². The Hall–Kier alpha value is -3.61. The molecule has 7 heteroatoms. The number of nitrogen functional groups attached to an aromatic ring is 1. The largest absolute Gasteiger partial charge is 0.472 e. The summed E-state index contributed by atoms with van der Waals surface area (Å²) in [6.45, 7) is 2.19. The molecule has 0 fully saturated rings. The highest BCUT2D eigenvalue weighted by molar-refractivity contribution is 5.77. The van der Waals surface area contributed by atoms with Gasteiger partial charge in [0.1, 0.15) is 5.69 Å². The minimum Gasteiger partial charge on any atom is -0.472 e. The standard InChI is InChI=1S/C19H17N5O2/c1-12-17(16-9-15(21-22-16)14-7-8-26-11-14)18(20)19(25)24(23-12)10-13-5-3-2-4-6-13/h2-9,11H,10,20H2,1H3,(H,21,22). The van der Waals surface area contributed by atoms with Crippen molar-refractivity contribution in [3.05, 3.63) is 76.6 Å². The van der Waals surface area contributed by atoms with Crippen molar-refractivity contribution in [2.24, 2.45) is 0 Å². The molecule has 1 aromatic carbocycles. The van der Waals surface area contributed by atoms with Crippen molar-refractivity contribution in [3.63, 3.8) is 0 Å². The highest BCUT2D eigenvalue weighted by Gasteiger charge is 2.17. The molecule has 0 bridgehead atoms. The lowest BCUT2D eigenvalue weighted by molar-refractivity contribution is 0.568. The maximum absolute atomic E-state index is 12.7. The summed E-state index contributed by atoms with van der Waals surface area (Å²) in [6, 6.07) is 13.3. The van der Waals surface area contributed by atoms with Crippen molar-refractivity contribution < 1.29 is 4.42 Å². The number of aryl methyl sites for hydroxylation is 1. The Morgan fingerprint density at radius 3 is 2.77 bits per heavy atom. The van der Waals surface area contributed by atoms with Crippen molar-refractivity contribution in [2.75, 3.05) is 5.73 Å². The molecular weight excluding hydrogens is 330 g/mol. The first-order chi connectivity index (χ1) is 12.6. The number of benzene rings is 1. The van der Waals surface area contributed by atoms with Gasteiger partial charge in [0, 0.05) is 5.56 Å². The third kappa shape index (κ3) is 2.79. The maximum atomic E-state index is 12.7. The summed E-state index contributed by atoms with van der Waals surface area (Å²) < 4.78 is 6.46. The van der Waals surface area contributed by atoms with Gasteiger partial charge in [-0.1, -0.05) is 30.3 Å². The van der Waals surface area contributed by atoms with Crippen LogP contribution < -0.4 is 11.3 Å². The number of hydrogen-bond acceptors (Lipinski definition) is 5. The topological polar surface area (TPSA) is 103 Å². The number of rotatable bonds is 4. The van der Waals surface area contributed by atoms with E-state index in [0.29, 0.717) is 29.2 Å². The van der Waals surface area contributed by atoms with Crippen LogP contribution in [-0.4, -0.2) is 20.0 Å². The number of H-pyrrole nitrogens is 1. The fourth-order valence-electron chi connectivity index (χ4n) is 2.93. The van der Waals surface area contributed by atoms with Gasteiger partial charge < -0.3 is 10.2 Å². The molecule has 3 N–H and O–H groups in total. The Kier molecular flexibility index (Phi) is 3.89. The molecule has 0 atom stereocenters. The van der Waals surface area contributed by atoms with E-state index in [2.05, 4.69) is 15.3 Å². The summed E-state index contributed by atoms with van der Waals surface area (Å²) in [6.07, 6.45) is 3.18. The highest BCUT2D eigenvalue weighted by Crippen LogP contribution is 2.28. The van der Waals surface area contributed by atoms with Crippen LogP contribution in [0.2, 0.25) is 0 Å². The zero-order valence-electron chi connectivity index (χ0n) is 14.1. The Balaban J connectivity index is 1.74. The van der Waals surface area contributed by atoms with E-state index in [1.165, 1.54) is 4.68 Å². The van der Waals surface area contributed by atoms with Crippen LogP contribution in [0.3, 0.4) is 0 Å². The molecule has 7 nitrogen and oxygen atoms in total. The first-order valence-electron chi connectivity index (χ1n) is 8.13. The third-order valence-corrected chi connectivity index (χ3v) is 4.21. The maximum Gasteiger partial charge on any atom is 0.290 e. The lowest BCUT2D eigenvalue weighted by atomic mass is 10.1. The van der Waals surface area contributed by atoms with Crippen LogP contribution in [0.1, 0.15) is 11.3 Å². The molecule has 0 aliphatic heterocycles. The summed E-state index contributed by atoms with van der Waals surface area (Å²) in [7, 11) is 0. The molecule has 4 aromatic rings. The summed E-state index contributed by atoms with van der Waals surface area (Å²) >= 11 is 0. The fraction of sp³-hybridized carbons (Fsp3) is 0.105. The van der Waals surface area contributed by atoms with Crippen molar-refractivity contribution in [1.82, 2.24) is 20.0 Å². The minimum absolute atomic E-state index is 0.149. The van der Waals surface area contributed by atoms with Crippen LogP contribution in [0.4, 0.5) is 5.69 Å². The number of nitrogens with one attached hydrogen (secondary N) is 1. The molecule has 3 aromatic heterocycles. The van der Waals surface area contributed by atoms with Gasteiger partial charge in [0.25, 0.3) is 5.56 Å². The van der Waals surface area contributed by atoms with Crippen molar-refractivity contribution >= 4 is 5.69 Å². The molecule has 0 unspecified atom stereocenters. The lowest BCUT2D eigenvalue weighted by Gasteiger charge is -2.11. The van der Waals surface area contributed by atoms with Gasteiger partial charge in [0.2, 0.25) is 0 Å². The van der Waals surface area contributed by atoms with Crippen LogP contribution in [0.15, 0.2) is 64.2 Å². The van der Waals surface area contributed by atoms with Crippen LogP contribution in [0.25, 0.3) is 22.5 Å². The van der Waals surface area contributed by atoms with Gasteiger partial charge in [-0.3, -0.25) is 9.89 Å². The number of anilines is 1. The van der Waals surface area contributed by atoms with Crippen LogP contribution in [0.5, 0.6) is 0 Å². The second-order valence-electron chi connectivity index (χ2n) is 6.00. The van der Waals surface area contributed by atoms with Crippen molar-refractivity contribution in [3.8, 4) is 22.5 Å². The number of furan rings is 1. The molecule has 0 aliphatic carbocycles. The highest BCUT2D eigenvalue weighted by atomic mass is 16.3. The molecule has 3 heterocycles. The molecule has 0 radical (unpaired) electrons. The van der Waals surface area contributed by atoms with E-state index in [9.17, 15) is 4.79 Å². The molecule has 130 valence electrons. The number of aromatic nitrogens is 4. The molecule has 0 aliphatic rings. The number of nitrogens with two attached hydrogens (primary N) is 1. The number of hydrogen-bond donors (Lipinski definition) is 2. The van der Waals surface area contributed by atoms with Crippen LogP contribution in [-0.2, 0) is 6.54 Å². The normalized spacial score (nSPS) is 11.0. The molecule has 26 heavy (non-hydrogen) atoms. The first-order valence-corrected chi connectivity index (χ1v) is 8.13. The second kappa shape index (κ2) is 6.36. The Labute approximate surface area is 149 Å². The van der Waals surface area contributed by atoms with Crippen LogP contribution in [0, 0.1) is 6.92 Å². The second-order valence-corrected chi connectivity index (χ2v) is 6.00. The van der Waals surface area contributed by atoms with Crippen molar-refractivity contribution in [1.29, 1.82) is 0 Å². The van der Waals surface area contributed by atoms with E-state index in [4.69, 9.17) is 10.2 Å². The summed E-state index contributed by atoms with van der Waals surface area (Å²) in [4.78, 5) is 12.7. The summed E-state index contributed by atoms with van der Waals surface area (Å²) in [5.74, 6) is 0. The molecule has 0 saturated heterocycles. The predicted octanol–water partition coefficient (Wildman–Crippen LogP) is 2.83. The van der Waals surface area contributed by atoms with Crippen LogP contribution >= 0.6 is 0 Å². The summed E-state index contributed by atoms with van der Waals surface area (Å²) in [5.41, 5.74) is 10.4. The van der Waals surface area contributed by atoms with Gasteiger partial charge in [-0.2, -0.15) is 10.2 Å². The molecule has 4 rings (SSSR count). The lowest BCUT2D eigenvalue weighted by Crippen LogP contribution is -2.27. The van der Waals surface area contributed by atoms with E-state index in [1.54, 1.807) is 12.5 Å². The summed E-state index contributed by atoms with van der Waals surface area (Å²) in [5, 5.41) is 11.6. The molecule has 0 amide bonds. The van der Waals surface area contributed by atoms with E-state index >= 15 is 0 Å². The van der Waals surface area contributed by atoms with E-state index in [0.717, 1.165) is 11.1 Å². The average Bonchev–Trinajstić information content (AvgIpc) is 3.32. The van der Waals surface area contributed by atoms with Gasteiger partial charge in [0.15, 0.2) is 0 Å². The SMILES string of the molecule is Cc1nn(Cc2ccccc2)c(=O)c(N)c1-c1cc(-c2ccoc2)n[nH]1. The van der Waals surface area contributed by atoms with Gasteiger partial charge in [-0.15, -0.1) is 0 Å². The molecule has 0 saturated carbocycles. The number of nitrogens with zero attached hydrogens (tertiary/aromatic N) is 3. The first kappa shape index (κ1) is 15.9. The fourth-order valence-corrected chi connectivity index (χ4v) is 2.93. The average molecular weight is 347 g/mol. The van der Waals surface area contributed by atoms with Gasteiger partial charge in [0.05, 0.1) is 41.7 Å². The van der Waals surface area contributed by atoms with E-state index < -0.39 is 0 Å². The van der Waals surface area contributed by atoms with Gasteiger partial charge >= 0.3 is 0 Å². The third-order valence-electron chi connectivity index (χ3n) is 4.21. The zero-order chi connectivity index (χ0) is 18.1. The Morgan fingerprint density at radius 2 is 2.04 bits per heavy atom. The monoisotopic (exact) mass is 347 g/mol. The predicted molar refractivity (Wildman–Crippen MR) is 98.5 cm³/mol. The zero-order valence-corrected chi connectivity index (χ0v) is 14.1. The van der Waals surface area contributed by atoms with E-state index in [-0.39, 0.29) is 11.2 Å². The van der Waals surface area contributed by atoms with Crippen molar-refractivity contribution in [2.45, 2.75) is 13.5 Å². The van der Waals surface area contributed by atoms with E-state index in [1.807, 2.05) is 49.4 Å². The number of aromatic amines is 1. The smallest absolute Gasteiger partial charge is 0.290 e. The Bertz CT molecular complexity index is 1090. The quantitative estimate of drug-likeness (QED) is 0.591. The Morgan fingerprint density at radius 1 is 1.23 bits per heavy atom.